The average Bonchev–Trinajstić information content (AvgIpc) is 2.69. The van der Waals surface area contributed by atoms with Crippen molar-refractivity contribution in [2.45, 2.75) is 26.7 Å². The van der Waals surface area contributed by atoms with E-state index in [2.05, 4.69) is 47.2 Å². The second-order valence-electron chi connectivity index (χ2n) is 6.50. The monoisotopic (exact) mass is 339 g/mol. The number of rotatable bonds is 7. The molecule has 5 nitrogen and oxygen atoms in total. The molecule has 2 aromatic rings. The van der Waals surface area contributed by atoms with Crippen LogP contribution in [0.3, 0.4) is 0 Å². The van der Waals surface area contributed by atoms with Crippen molar-refractivity contribution in [2.75, 3.05) is 49.5 Å². The molecule has 134 valence electrons. The normalized spacial score (nSPS) is 15.4. The van der Waals surface area contributed by atoms with Crippen LogP contribution in [0.2, 0.25) is 0 Å². The Morgan fingerprint density at radius 1 is 1.00 bits per heavy atom. The van der Waals surface area contributed by atoms with Crippen LogP contribution in [0, 0.1) is 0 Å². The van der Waals surface area contributed by atoms with Crippen molar-refractivity contribution in [1.82, 2.24) is 14.9 Å². The van der Waals surface area contributed by atoms with Gasteiger partial charge in [0.15, 0.2) is 5.82 Å². The number of unbranched alkanes of at least 4 members (excludes halogenated alkanes) is 1. The first-order valence-electron chi connectivity index (χ1n) is 9.45. The highest BCUT2D eigenvalue weighted by Gasteiger charge is 2.18. The zero-order valence-corrected chi connectivity index (χ0v) is 15.4. The van der Waals surface area contributed by atoms with Gasteiger partial charge in [0.2, 0.25) is 0 Å². The summed E-state index contributed by atoms with van der Waals surface area (Å²) in [6.45, 7) is 10.7. The molecule has 0 saturated carbocycles. The molecule has 0 unspecified atom stereocenters. The highest BCUT2D eigenvalue weighted by Crippen LogP contribution is 2.23. The van der Waals surface area contributed by atoms with Crippen LogP contribution in [-0.2, 0) is 0 Å². The number of aromatic nitrogens is 2. The van der Waals surface area contributed by atoms with E-state index in [1.807, 2.05) is 18.2 Å². The Hall–Kier alpha value is -2.14. The lowest BCUT2D eigenvalue weighted by Crippen LogP contribution is -2.46. The molecule has 0 bridgehead atoms. The largest absolute Gasteiger partial charge is 0.370 e. The molecule has 0 atom stereocenters. The lowest BCUT2D eigenvalue weighted by Gasteiger charge is -2.35. The van der Waals surface area contributed by atoms with Crippen molar-refractivity contribution >= 4 is 11.6 Å². The maximum atomic E-state index is 4.86. The van der Waals surface area contributed by atoms with Crippen molar-refractivity contribution in [3.8, 4) is 11.4 Å². The minimum Gasteiger partial charge on any atom is -0.370 e. The molecular formula is C20H29N5. The van der Waals surface area contributed by atoms with Gasteiger partial charge >= 0.3 is 0 Å². The van der Waals surface area contributed by atoms with Gasteiger partial charge in [-0.1, -0.05) is 50.6 Å². The van der Waals surface area contributed by atoms with Crippen LogP contribution in [0.4, 0.5) is 11.6 Å². The highest BCUT2D eigenvalue weighted by atomic mass is 15.3. The van der Waals surface area contributed by atoms with E-state index in [0.29, 0.717) is 0 Å². The predicted octanol–water partition coefficient (Wildman–Crippen LogP) is 3.50. The Morgan fingerprint density at radius 2 is 1.76 bits per heavy atom. The van der Waals surface area contributed by atoms with Crippen LogP contribution < -0.4 is 10.2 Å². The Morgan fingerprint density at radius 3 is 2.44 bits per heavy atom. The fourth-order valence-electron chi connectivity index (χ4n) is 3.09. The summed E-state index contributed by atoms with van der Waals surface area (Å²) in [7, 11) is 0. The molecule has 25 heavy (non-hydrogen) atoms. The summed E-state index contributed by atoms with van der Waals surface area (Å²) in [5.74, 6) is 2.76. The molecular weight excluding hydrogens is 310 g/mol. The van der Waals surface area contributed by atoms with Gasteiger partial charge in [-0.2, -0.15) is 0 Å². The molecule has 0 aliphatic carbocycles. The first kappa shape index (κ1) is 17.7. The number of hydrogen-bond acceptors (Lipinski definition) is 5. The van der Waals surface area contributed by atoms with E-state index < -0.39 is 0 Å². The number of nitrogens with zero attached hydrogens (tertiary/aromatic N) is 4. The Balaban J connectivity index is 1.84. The topological polar surface area (TPSA) is 44.3 Å². The van der Waals surface area contributed by atoms with Gasteiger partial charge in [-0.25, -0.2) is 9.97 Å². The summed E-state index contributed by atoms with van der Waals surface area (Å²) < 4.78 is 0. The standard InChI is InChI=1S/C20H29N5/c1-3-5-11-21-18-16-19(25-14-12-24(4-2)13-15-25)23-20(22-18)17-9-7-6-8-10-17/h6-10,16H,3-5,11-15H2,1-2H3,(H,21,22,23). The zero-order valence-electron chi connectivity index (χ0n) is 15.4. The van der Waals surface area contributed by atoms with Crippen molar-refractivity contribution in [2.24, 2.45) is 0 Å². The van der Waals surface area contributed by atoms with Crippen molar-refractivity contribution < 1.29 is 0 Å². The lowest BCUT2D eigenvalue weighted by molar-refractivity contribution is 0.270. The molecule has 1 N–H and O–H groups in total. The molecule has 1 saturated heterocycles. The molecule has 0 amide bonds. The van der Waals surface area contributed by atoms with Gasteiger partial charge in [0.25, 0.3) is 0 Å². The molecule has 1 aliphatic heterocycles. The highest BCUT2D eigenvalue weighted by molar-refractivity contribution is 5.61. The van der Waals surface area contributed by atoms with Crippen molar-refractivity contribution in [1.29, 1.82) is 0 Å². The number of anilines is 2. The minimum absolute atomic E-state index is 0.801. The van der Waals surface area contributed by atoms with E-state index in [4.69, 9.17) is 9.97 Å². The van der Waals surface area contributed by atoms with E-state index in [0.717, 1.165) is 68.7 Å². The maximum absolute atomic E-state index is 4.86. The summed E-state index contributed by atoms with van der Waals surface area (Å²) in [5, 5.41) is 3.47. The van der Waals surface area contributed by atoms with E-state index in [-0.39, 0.29) is 0 Å². The molecule has 1 fully saturated rings. The summed E-state index contributed by atoms with van der Waals surface area (Å²) in [4.78, 5) is 14.5. The third kappa shape index (κ3) is 4.69. The van der Waals surface area contributed by atoms with Crippen LogP contribution in [-0.4, -0.2) is 54.1 Å². The van der Waals surface area contributed by atoms with Crippen LogP contribution in [0.25, 0.3) is 11.4 Å². The van der Waals surface area contributed by atoms with E-state index in [1.54, 1.807) is 0 Å². The zero-order chi connectivity index (χ0) is 17.5. The lowest BCUT2D eigenvalue weighted by atomic mass is 10.2. The second-order valence-corrected chi connectivity index (χ2v) is 6.50. The van der Waals surface area contributed by atoms with Crippen LogP contribution >= 0.6 is 0 Å². The Kier molecular flexibility index (Phi) is 6.23. The third-order valence-corrected chi connectivity index (χ3v) is 4.72. The first-order chi connectivity index (χ1) is 12.3. The van der Waals surface area contributed by atoms with Gasteiger partial charge < -0.3 is 15.1 Å². The van der Waals surface area contributed by atoms with Gasteiger partial charge in [0.1, 0.15) is 11.6 Å². The number of hydrogen-bond donors (Lipinski definition) is 1. The summed E-state index contributed by atoms with van der Waals surface area (Å²) in [5.41, 5.74) is 1.06. The van der Waals surface area contributed by atoms with Crippen molar-refractivity contribution in [3.05, 3.63) is 36.4 Å². The molecule has 1 aromatic heterocycles. The molecule has 3 rings (SSSR count). The van der Waals surface area contributed by atoms with Crippen LogP contribution in [0.15, 0.2) is 36.4 Å². The smallest absolute Gasteiger partial charge is 0.163 e. The van der Waals surface area contributed by atoms with Crippen LogP contribution in [0.5, 0.6) is 0 Å². The molecule has 5 heteroatoms. The molecule has 1 aliphatic rings. The van der Waals surface area contributed by atoms with E-state index in [1.165, 1.54) is 6.42 Å². The van der Waals surface area contributed by atoms with Gasteiger partial charge in [-0.3, -0.25) is 0 Å². The van der Waals surface area contributed by atoms with Gasteiger partial charge in [0, 0.05) is 44.4 Å². The quantitative estimate of drug-likeness (QED) is 0.782. The number of piperazine rings is 1. The Labute approximate surface area is 151 Å². The van der Waals surface area contributed by atoms with Gasteiger partial charge in [-0.05, 0) is 13.0 Å². The van der Waals surface area contributed by atoms with Crippen molar-refractivity contribution in [3.63, 3.8) is 0 Å². The predicted molar refractivity (Wildman–Crippen MR) is 105 cm³/mol. The first-order valence-corrected chi connectivity index (χ1v) is 9.45. The SMILES string of the molecule is CCCCNc1cc(N2CCN(CC)CC2)nc(-c2ccccc2)n1. The fraction of sp³-hybridized carbons (Fsp3) is 0.500. The van der Waals surface area contributed by atoms with Gasteiger partial charge in [-0.15, -0.1) is 0 Å². The molecule has 0 spiro atoms. The summed E-state index contributed by atoms with van der Waals surface area (Å²) in [6.07, 6.45) is 2.32. The van der Waals surface area contributed by atoms with E-state index >= 15 is 0 Å². The Bertz CT molecular complexity index is 650. The van der Waals surface area contributed by atoms with E-state index in [9.17, 15) is 0 Å². The molecule has 1 aromatic carbocycles. The summed E-state index contributed by atoms with van der Waals surface area (Å²) in [6, 6.07) is 12.3. The molecule has 2 heterocycles. The molecule has 0 radical (unpaired) electrons. The summed E-state index contributed by atoms with van der Waals surface area (Å²) >= 11 is 0. The van der Waals surface area contributed by atoms with Gasteiger partial charge in [0.05, 0.1) is 0 Å². The number of benzene rings is 1. The minimum atomic E-state index is 0.801. The number of likely N-dealkylation sites (N-methyl/N-ethyl adjacent to an activating group) is 1. The fourth-order valence-corrected chi connectivity index (χ4v) is 3.09. The maximum Gasteiger partial charge on any atom is 0.163 e. The average molecular weight is 339 g/mol. The third-order valence-electron chi connectivity index (χ3n) is 4.72. The second kappa shape index (κ2) is 8.81. The van der Waals surface area contributed by atoms with Crippen LogP contribution in [0.1, 0.15) is 26.7 Å². The number of nitrogens with one attached hydrogen (secondary N) is 1.